The maximum atomic E-state index is 13.8. The summed E-state index contributed by atoms with van der Waals surface area (Å²) in [4.78, 5) is 12.4. The van der Waals surface area contributed by atoms with E-state index >= 15 is 0 Å². The molecule has 1 heterocycles. The van der Waals surface area contributed by atoms with Crippen LogP contribution in [0.15, 0.2) is 47.4 Å². The molecule has 24 heavy (non-hydrogen) atoms. The first kappa shape index (κ1) is 16.6. The minimum Gasteiger partial charge on any atom is -0.496 e. The third kappa shape index (κ3) is 2.91. The summed E-state index contributed by atoms with van der Waals surface area (Å²) >= 11 is 1.73. The lowest BCUT2D eigenvalue weighted by Crippen LogP contribution is -2.16. The molecule has 0 N–H and O–H groups in total. The second-order valence-electron chi connectivity index (χ2n) is 5.62. The molecule has 0 fully saturated rings. The number of aromatic nitrogens is 1. The van der Waals surface area contributed by atoms with Crippen molar-refractivity contribution in [2.24, 2.45) is 7.05 Å². The molecule has 0 radical (unpaired) electrons. The van der Waals surface area contributed by atoms with E-state index in [0.29, 0.717) is 16.5 Å². The number of hydrogen-bond donors (Lipinski definition) is 0. The first-order valence-electron chi connectivity index (χ1n) is 7.50. The minimum atomic E-state index is -0.365. The van der Waals surface area contributed by atoms with Crippen LogP contribution in [0.2, 0.25) is 0 Å². The van der Waals surface area contributed by atoms with Gasteiger partial charge in [-0.05, 0) is 47.5 Å². The zero-order valence-corrected chi connectivity index (χ0v) is 14.6. The summed E-state index contributed by atoms with van der Waals surface area (Å²) in [6, 6.07) is 10.2. The first-order chi connectivity index (χ1) is 11.5. The Bertz CT molecular complexity index is 965. The molecule has 3 rings (SSSR count). The van der Waals surface area contributed by atoms with Crippen LogP contribution < -0.4 is 10.3 Å². The van der Waals surface area contributed by atoms with Crippen LogP contribution in [0.3, 0.4) is 0 Å². The number of rotatable bonds is 4. The molecule has 0 spiro atoms. The molecule has 0 aliphatic carbocycles. The number of pyridine rings is 1. The maximum absolute atomic E-state index is 13.8. The fourth-order valence-electron chi connectivity index (χ4n) is 2.87. The van der Waals surface area contributed by atoms with Gasteiger partial charge in [0, 0.05) is 35.5 Å². The third-order valence-corrected chi connectivity index (χ3v) is 4.63. The van der Waals surface area contributed by atoms with E-state index in [-0.39, 0.29) is 11.4 Å². The van der Waals surface area contributed by atoms with Gasteiger partial charge in [0.1, 0.15) is 11.6 Å². The fourth-order valence-corrected chi connectivity index (χ4v) is 3.39. The van der Waals surface area contributed by atoms with E-state index in [0.717, 1.165) is 22.4 Å². The Balaban J connectivity index is 2.37. The van der Waals surface area contributed by atoms with E-state index in [1.807, 2.05) is 24.5 Å². The van der Waals surface area contributed by atoms with E-state index in [9.17, 15) is 9.18 Å². The fraction of sp³-hybridized carbons (Fsp3) is 0.211. The summed E-state index contributed by atoms with van der Waals surface area (Å²) in [5.41, 5.74) is 2.64. The number of ether oxygens (including phenoxy) is 1. The van der Waals surface area contributed by atoms with Crippen molar-refractivity contribution in [3.8, 4) is 16.9 Å². The molecule has 124 valence electrons. The van der Waals surface area contributed by atoms with Crippen molar-refractivity contribution < 1.29 is 9.13 Å². The van der Waals surface area contributed by atoms with Gasteiger partial charge in [-0.3, -0.25) is 4.79 Å². The number of benzene rings is 2. The van der Waals surface area contributed by atoms with Crippen LogP contribution in [0, 0.1) is 5.82 Å². The summed E-state index contributed by atoms with van der Waals surface area (Å²) < 4.78 is 20.8. The largest absolute Gasteiger partial charge is 0.496 e. The Labute approximate surface area is 144 Å². The molecule has 3 aromatic rings. The van der Waals surface area contributed by atoms with Crippen molar-refractivity contribution in [1.82, 2.24) is 4.57 Å². The predicted octanol–water partition coefficient (Wildman–Crippen LogP) is 4.22. The highest BCUT2D eigenvalue weighted by Crippen LogP contribution is 2.35. The summed E-state index contributed by atoms with van der Waals surface area (Å²) in [6.07, 6.45) is 3.78. The van der Waals surface area contributed by atoms with Crippen molar-refractivity contribution in [3.63, 3.8) is 0 Å². The van der Waals surface area contributed by atoms with Crippen LogP contribution in [0.5, 0.6) is 5.75 Å². The number of halogens is 1. The molecule has 0 aliphatic rings. The summed E-state index contributed by atoms with van der Waals surface area (Å²) in [6.45, 7) is 0. The van der Waals surface area contributed by atoms with Gasteiger partial charge in [-0.1, -0.05) is 6.07 Å². The summed E-state index contributed by atoms with van der Waals surface area (Å²) in [7, 11) is 3.31. The van der Waals surface area contributed by atoms with E-state index in [1.165, 1.54) is 22.8 Å². The Morgan fingerprint density at radius 2 is 1.92 bits per heavy atom. The van der Waals surface area contributed by atoms with Crippen LogP contribution in [0.1, 0.15) is 5.56 Å². The molecule has 0 atom stereocenters. The SMILES string of the molecule is COc1ccc(CSC)cc1-c1cn(C)c(=O)c2ccc(F)cc12. The minimum absolute atomic E-state index is 0.145. The van der Waals surface area contributed by atoms with Gasteiger partial charge >= 0.3 is 0 Å². The van der Waals surface area contributed by atoms with Gasteiger partial charge in [0.25, 0.3) is 5.56 Å². The first-order valence-corrected chi connectivity index (χ1v) is 8.89. The number of thioether (sulfide) groups is 1. The van der Waals surface area contributed by atoms with E-state index in [2.05, 4.69) is 0 Å². The number of nitrogens with zero attached hydrogens (tertiary/aromatic N) is 1. The lowest BCUT2D eigenvalue weighted by atomic mass is 9.98. The molecule has 3 nitrogen and oxygen atoms in total. The van der Waals surface area contributed by atoms with Crippen LogP contribution in [-0.4, -0.2) is 17.9 Å². The summed E-state index contributed by atoms with van der Waals surface area (Å²) in [5, 5.41) is 1.09. The second kappa shape index (κ2) is 6.69. The Morgan fingerprint density at radius 1 is 1.12 bits per heavy atom. The van der Waals surface area contributed by atoms with Crippen molar-refractivity contribution in [2.45, 2.75) is 5.75 Å². The Kier molecular flexibility index (Phi) is 4.62. The monoisotopic (exact) mass is 343 g/mol. The molecule has 2 aromatic carbocycles. The third-order valence-electron chi connectivity index (χ3n) is 4.01. The topological polar surface area (TPSA) is 31.2 Å². The quantitative estimate of drug-likeness (QED) is 0.711. The zero-order chi connectivity index (χ0) is 17.3. The lowest BCUT2D eigenvalue weighted by molar-refractivity contribution is 0.416. The smallest absolute Gasteiger partial charge is 0.258 e. The molecular weight excluding hydrogens is 325 g/mol. The van der Waals surface area contributed by atoms with Gasteiger partial charge in [-0.2, -0.15) is 11.8 Å². The predicted molar refractivity (Wildman–Crippen MR) is 98.4 cm³/mol. The zero-order valence-electron chi connectivity index (χ0n) is 13.8. The maximum Gasteiger partial charge on any atom is 0.258 e. The highest BCUT2D eigenvalue weighted by atomic mass is 32.2. The molecule has 0 saturated heterocycles. The number of aryl methyl sites for hydroxylation is 1. The second-order valence-corrected chi connectivity index (χ2v) is 6.48. The Morgan fingerprint density at radius 3 is 2.62 bits per heavy atom. The van der Waals surface area contributed by atoms with Crippen molar-refractivity contribution in [1.29, 1.82) is 0 Å². The van der Waals surface area contributed by atoms with E-state index < -0.39 is 0 Å². The molecule has 0 amide bonds. The van der Waals surface area contributed by atoms with Crippen molar-refractivity contribution in [2.75, 3.05) is 13.4 Å². The average molecular weight is 343 g/mol. The molecule has 0 saturated carbocycles. The number of fused-ring (bicyclic) bond motifs is 1. The highest BCUT2D eigenvalue weighted by molar-refractivity contribution is 7.97. The lowest BCUT2D eigenvalue weighted by Gasteiger charge is -2.14. The van der Waals surface area contributed by atoms with E-state index in [1.54, 1.807) is 32.1 Å². The molecule has 5 heteroatoms. The number of hydrogen-bond acceptors (Lipinski definition) is 3. The average Bonchev–Trinajstić information content (AvgIpc) is 2.58. The molecule has 0 bridgehead atoms. The Hall–Kier alpha value is -2.27. The normalized spacial score (nSPS) is 11.0. The standard InChI is InChI=1S/C19H18FNO2S/c1-21-10-17(15-9-13(20)5-6-14(15)19(21)22)16-8-12(11-24-3)4-7-18(16)23-2/h4-10H,11H2,1-3H3. The van der Waals surface area contributed by atoms with Crippen molar-refractivity contribution >= 4 is 22.5 Å². The molecule has 0 aliphatic heterocycles. The van der Waals surface area contributed by atoms with Gasteiger partial charge in [-0.15, -0.1) is 0 Å². The van der Waals surface area contributed by atoms with Crippen LogP contribution in [0.4, 0.5) is 4.39 Å². The van der Waals surface area contributed by atoms with Gasteiger partial charge in [-0.25, -0.2) is 4.39 Å². The van der Waals surface area contributed by atoms with E-state index in [4.69, 9.17) is 4.74 Å². The van der Waals surface area contributed by atoms with Gasteiger partial charge in [0.15, 0.2) is 0 Å². The molecular formula is C19H18FNO2S. The van der Waals surface area contributed by atoms with Crippen LogP contribution >= 0.6 is 11.8 Å². The molecule has 0 unspecified atom stereocenters. The number of methoxy groups -OCH3 is 1. The molecule has 1 aromatic heterocycles. The van der Waals surface area contributed by atoms with Crippen molar-refractivity contribution in [3.05, 3.63) is 64.3 Å². The van der Waals surface area contributed by atoms with Crippen LogP contribution in [-0.2, 0) is 12.8 Å². The van der Waals surface area contributed by atoms with Gasteiger partial charge < -0.3 is 9.30 Å². The van der Waals surface area contributed by atoms with Gasteiger partial charge in [0.2, 0.25) is 0 Å². The van der Waals surface area contributed by atoms with Crippen LogP contribution in [0.25, 0.3) is 21.9 Å². The van der Waals surface area contributed by atoms with Gasteiger partial charge in [0.05, 0.1) is 7.11 Å². The summed E-state index contributed by atoms with van der Waals surface area (Å²) in [5.74, 6) is 1.20. The highest BCUT2D eigenvalue weighted by Gasteiger charge is 2.14.